The van der Waals surface area contributed by atoms with E-state index in [2.05, 4.69) is 0 Å². The second-order valence-electron chi connectivity index (χ2n) is 4.27. The molecular weight excluding hydrogens is 240 g/mol. The van der Waals surface area contributed by atoms with Crippen molar-refractivity contribution in [2.75, 3.05) is 13.2 Å². The molecule has 18 heavy (non-hydrogen) atoms. The number of rotatable bonds is 7. The van der Waals surface area contributed by atoms with Gasteiger partial charge in [-0.25, -0.2) is 8.78 Å². The normalized spacial score (nSPS) is 13.1. The summed E-state index contributed by atoms with van der Waals surface area (Å²) < 4.78 is 34.0. The summed E-state index contributed by atoms with van der Waals surface area (Å²) in [6.07, 6.45) is -2.35. The number of ether oxygens (including phenoxy) is 2. The number of benzene rings is 1. The first-order chi connectivity index (χ1) is 8.49. The highest BCUT2D eigenvalue weighted by Crippen LogP contribution is 2.17. The fraction of sp³-hybridized carbons (Fsp3) is 0.538. The van der Waals surface area contributed by atoms with Crippen LogP contribution in [0.25, 0.3) is 0 Å². The molecule has 1 aromatic carbocycles. The molecule has 0 spiro atoms. The second-order valence-corrected chi connectivity index (χ2v) is 4.27. The Morgan fingerprint density at radius 2 is 1.72 bits per heavy atom. The van der Waals surface area contributed by atoms with Gasteiger partial charge >= 0.3 is 0 Å². The molecule has 0 bridgehead atoms. The summed E-state index contributed by atoms with van der Waals surface area (Å²) in [6, 6.07) is 6.84. The molecule has 0 aliphatic carbocycles. The molecule has 0 heterocycles. The van der Waals surface area contributed by atoms with Crippen LogP contribution in [0, 0.1) is 0 Å². The molecule has 5 heteroatoms. The lowest BCUT2D eigenvalue weighted by atomic mass is 10.1. The summed E-state index contributed by atoms with van der Waals surface area (Å²) in [7, 11) is 0. The molecular formula is C13H19F2NO2. The third-order valence-electron chi connectivity index (χ3n) is 2.22. The van der Waals surface area contributed by atoms with E-state index in [-0.39, 0.29) is 12.7 Å². The molecule has 0 saturated carbocycles. The maximum atomic E-state index is 11.9. The number of alkyl halides is 2. The summed E-state index contributed by atoms with van der Waals surface area (Å²) in [4.78, 5) is 0. The van der Waals surface area contributed by atoms with Crippen LogP contribution in [-0.4, -0.2) is 25.7 Å². The summed E-state index contributed by atoms with van der Waals surface area (Å²) in [6.45, 7) is 3.38. The molecule has 1 atom stereocenters. The minimum absolute atomic E-state index is 0.0781. The SMILES string of the molecule is CC(C)Oc1ccc(C(N)COCC(F)F)cc1. The maximum absolute atomic E-state index is 11.9. The van der Waals surface area contributed by atoms with Crippen molar-refractivity contribution >= 4 is 0 Å². The molecule has 0 aliphatic rings. The van der Waals surface area contributed by atoms with E-state index in [1.165, 1.54) is 0 Å². The van der Waals surface area contributed by atoms with E-state index in [0.29, 0.717) is 0 Å². The fourth-order valence-electron chi connectivity index (χ4n) is 1.45. The van der Waals surface area contributed by atoms with Gasteiger partial charge in [0.05, 0.1) is 18.8 Å². The minimum Gasteiger partial charge on any atom is -0.491 e. The predicted octanol–water partition coefficient (Wildman–Crippen LogP) is 2.76. The number of hydrogen-bond donors (Lipinski definition) is 1. The van der Waals surface area contributed by atoms with Crippen molar-refractivity contribution in [3.63, 3.8) is 0 Å². The smallest absolute Gasteiger partial charge is 0.261 e. The average molecular weight is 259 g/mol. The lowest BCUT2D eigenvalue weighted by Gasteiger charge is -2.14. The zero-order valence-electron chi connectivity index (χ0n) is 10.6. The molecule has 0 aromatic heterocycles. The third-order valence-corrected chi connectivity index (χ3v) is 2.22. The van der Waals surface area contributed by atoms with Gasteiger partial charge in [0.1, 0.15) is 12.4 Å². The Balaban J connectivity index is 2.46. The Kier molecular flexibility index (Phi) is 6.01. The van der Waals surface area contributed by atoms with Crippen LogP contribution < -0.4 is 10.5 Å². The monoisotopic (exact) mass is 259 g/mol. The van der Waals surface area contributed by atoms with Crippen molar-refractivity contribution in [3.8, 4) is 5.75 Å². The van der Waals surface area contributed by atoms with Crippen LogP contribution in [0.3, 0.4) is 0 Å². The van der Waals surface area contributed by atoms with Gasteiger partial charge in [-0.05, 0) is 31.5 Å². The first-order valence-electron chi connectivity index (χ1n) is 5.87. The number of hydrogen-bond acceptors (Lipinski definition) is 3. The quantitative estimate of drug-likeness (QED) is 0.819. The predicted molar refractivity (Wildman–Crippen MR) is 66.0 cm³/mol. The van der Waals surface area contributed by atoms with E-state index < -0.39 is 19.1 Å². The van der Waals surface area contributed by atoms with Gasteiger partial charge in [0, 0.05) is 0 Å². The van der Waals surface area contributed by atoms with E-state index in [0.717, 1.165) is 11.3 Å². The maximum Gasteiger partial charge on any atom is 0.261 e. The molecule has 3 nitrogen and oxygen atoms in total. The topological polar surface area (TPSA) is 44.5 Å². The van der Waals surface area contributed by atoms with Crippen molar-refractivity contribution < 1.29 is 18.3 Å². The summed E-state index contributed by atoms with van der Waals surface area (Å²) in [5.41, 5.74) is 6.66. The van der Waals surface area contributed by atoms with Gasteiger partial charge < -0.3 is 15.2 Å². The summed E-state index contributed by atoms with van der Waals surface area (Å²) >= 11 is 0. The van der Waals surface area contributed by atoms with E-state index in [9.17, 15) is 8.78 Å². The van der Waals surface area contributed by atoms with E-state index in [1.807, 2.05) is 38.1 Å². The standard InChI is InChI=1S/C13H19F2NO2/c1-9(2)18-11-5-3-10(4-6-11)12(16)7-17-8-13(14)15/h3-6,9,12-13H,7-8,16H2,1-2H3. The molecule has 0 aliphatic heterocycles. The molecule has 1 aromatic rings. The Hall–Kier alpha value is -1.20. The largest absolute Gasteiger partial charge is 0.491 e. The number of halogens is 2. The summed E-state index contributed by atoms with van der Waals surface area (Å²) in [5, 5.41) is 0. The van der Waals surface area contributed by atoms with Crippen LogP contribution in [0.2, 0.25) is 0 Å². The van der Waals surface area contributed by atoms with Crippen LogP contribution in [0.1, 0.15) is 25.5 Å². The van der Waals surface area contributed by atoms with Gasteiger partial charge in [-0.1, -0.05) is 12.1 Å². The minimum atomic E-state index is -2.46. The van der Waals surface area contributed by atoms with Crippen LogP contribution in [-0.2, 0) is 4.74 Å². The van der Waals surface area contributed by atoms with Gasteiger partial charge in [-0.2, -0.15) is 0 Å². The Labute approximate surface area is 106 Å². The van der Waals surface area contributed by atoms with Crippen molar-refractivity contribution in [2.45, 2.75) is 32.4 Å². The third kappa shape index (κ3) is 5.42. The first-order valence-corrected chi connectivity index (χ1v) is 5.87. The van der Waals surface area contributed by atoms with E-state index in [4.69, 9.17) is 15.2 Å². The molecule has 0 fully saturated rings. The van der Waals surface area contributed by atoms with Crippen molar-refractivity contribution in [1.29, 1.82) is 0 Å². The second kappa shape index (κ2) is 7.28. The van der Waals surface area contributed by atoms with Gasteiger partial charge in [-0.15, -0.1) is 0 Å². The number of nitrogens with two attached hydrogens (primary N) is 1. The lowest BCUT2D eigenvalue weighted by Crippen LogP contribution is -2.19. The Morgan fingerprint density at radius 3 is 2.22 bits per heavy atom. The van der Waals surface area contributed by atoms with Crippen LogP contribution in [0.15, 0.2) is 24.3 Å². The molecule has 0 amide bonds. The van der Waals surface area contributed by atoms with Crippen LogP contribution >= 0.6 is 0 Å². The Morgan fingerprint density at radius 1 is 1.11 bits per heavy atom. The van der Waals surface area contributed by atoms with Gasteiger partial charge in [0.15, 0.2) is 0 Å². The lowest BCUT2D eigenvalue weighted by molar-refractivity contribution is 0.0125. The molecule has 1 unspecified atom stereocenters. The Bertz CT molecular complexity index is 341. The van der Waals surface area contributed by atoms with Crippen molar-refractivity contribution in [2.24, 2.45) is 5.73 Å². The highest BCUT2D eigenvalue weighted by molar-refractivity contribution is 5.29. The van der Waals surface area contributed by atoms with Crippen molar-refractivity contribution in [1.82, 2.24) is 0 Å². The molecule has 2 N–H and O–H groups in total. The average Bonchev–Trinajstić information content (AvgIpc) is 2.28. The van der Waals surface area contributed by atoms with Crippen LogP contribution in [0.5, 0.6) is 5.75 Å². The summed E-state index contributed by atoms with van der Waals surface area (Å²) in [5.74, 6) is 0.759. The van der Waals surface area contributed by atoms with Gasteiger partial charge in [0.2, 0.25) is 0 Å². The zero-order valence-corrected chi connectivity index (χ0v) is 10.6. The van der Waals surface area contributed by atoms with Crippen molar-refractivity contribution in [3.05, 3.63) is 29.8 Å². The first kappa shape index (κ1) is 14.9. The molecule has 102 valence electrons. The highest BCUT2D eigenvalue weighted by Gasteiger charge is 2.09. The fourth-order valence-corrected chi connectivity index (χ4v) is 1.45. The van der Waals surface area contributed by atoms with Gasteiger partial charge in [-0.3, -0.25) is 0 Å². The van der Waals surface area contributed by atoms with Crippen LogP contribution in [0.4, 0.5) is 8.78 Å². The highest BCUT2D eigenvalue weighted by atomic mass is 19.3. The van der Waals surface area contributed by atoms with E-state index in [1.54, 1.807) is 0 Å². The van der Waals surface area contributed by atoms with Gasteiger partial charge in [0.25, 0.3) is 6.43 Å². The molecule has 1 rings (SSSR count). The molecule has 0 saturated heterocycles. The van der Waals surface area contributed by atoms with E-state index >= 15 is 0 Å². The molecule has 0 radical (unpaired) electrons. The zero-order chi connectivity index (χ0) is 13.5.